The van der Waals surface area contributed by atoms with Crippen LogP contribution in [0.15, 0.2) is 48.8 Å². The van der Waals surface area contributed by atoms with Crippen LogP contribution in [0.2, 0.25) is 0 Å². The van der Waals surface area contributed by atoms with E-state index >= 15 is 0 Å². The number of nitrogens with one attached hydrogen (secondary N) is 1. The fourth-order valence-electron chi connectivity index (χ4n) is 3.38. The molecule has 0 atom stereocenters. The minimum absolute atomic E-state index is 0.135. The third kappa shape index (κ3) is 4.43. The molecular formula is C22H21N5O2. The van der Waals surface area contributed by atoms with Crippen molar-refractivity contribution < 1.29 is 9.53 Å². The number of fused-ring (bicyclic) bond motifs is 1. The summed E-state index contributed by atoms with van der Waals surface area (Å²) in [4.78, 5) is 16.6. The molecule has 1 aromatic carbocycles. The van der Waals surface area contributed by atoms with Crippen LogP contribution in [-0.2, 0) is 24.2 Å². The number of nitriles is 1. The van der Waals surface area contributed by atoms with Gasteiger partial charge in [0.25, 0.3) is 0 Å². The number of rotatable bonds is 5. The summed E-state index contributed by atoms with van der Waals surface area (Å²) >= 11 is 0. The molecule has 0 spiro atoms. The minimum atomic E-state index is -0.195. The molecule has 1 N–H and O–H groups in total. The molecular weight excluding hydrogens is 366 g/mol. The lowest BCUT2D eigenvalue weighted by Gasteiger charge is -2.16. The van der Waals surface area contributed by atoms with E-state index in [0.717, 1.165) is 23.4 Å². The highest BCUT2D eigenvalue weighted by atomic mass is 16.5. The van der Waals surface area contributed by atoms with Crippen molar-refractivity contribution in [3.05, 3.63) is 71.2 Å². The molecule has 146 valence electrons. The molecule has 0 bridgehead atoms. The van der Waals surface area contributed by atoms with Crippen molar-refractivity contribution in [2.24, 2.45) is 0 Å². The van der Waals surface area contributed by atoms with Gasteiger partial charge < -0.3 is 10.1 Å². The molecule has 1 aliphatic rings. The van der Waals surface area contributed by atoms with Crippen molar-refractivity contribution in [2.45, 2.75) is 38.8 Å². The number of pyridine rings is 1. The highest BCUT2D eigenvalue weighted by Crippen LogP contribution is 2.35. The van der Waals surface area contributed by atoms with Gasteiger partial charge in [-0.15, -0.1) is 0 Å². The van der Waals surface area contributed by atoms with Crippen molar-refractivity contribution >= 4 is 11.7 Å². The number of amides is 1. The Bertz CT molecular complexity index is 1090. The lowest BCUT2D eigenvalue weighted by molar-refractivity contribution is -0.115. The minimum Gasteiger partial charge on any atom is -0.487 e. The van der Waals surface area contributed by atoms with Crippen LogP contribution in [0.1, 0.15) is 36.2 Å². The van der Waals surface area contributed by atoms with Gasteiger partial charge >= 0.3 is 0 Å². The third-order valence-corrected chi connectivity index (χ3v) is 4.68. The van der Waals surface area contributed by atoms with Crippen LogP contribution in [0.4, 0.5) is 5.82 Å². The molecule has 3 aromatic rings. The number of benzene rings is 1. The topological polar surface area (TPSA) is 92.8 Å². The predicted octanol–water partition coefficient (Wildman–Crippen LogP) is 3.09. The average Bonchev–Trinajstić information content (AvgIpc) is 3.23. The fraction of sp³-hybridized carbons (Fsp3) is 0.273. The van der Waals surface area contributed by atoms with E-state index in [0.29, 0.717) is 17.9 Å². The van der Waals surface area contributed by atoms with Crippen molar-refractivity contribution in [3.63, 3.8) is 0 Å². The first-order valence-electron chi connectivity index (χ1n) is 9.39. The van der Waals surface area contributed by atoms with Gasteiger partial charge in [-0.05, 0) is 43.2 Å². The Labute approximate surface area is 169 Å². The number of carbonyl (C=O) groups is 1. The third-order valence-electron chi connectivity index (χ3n) is 4.68. The van der Waals surface area contributed by atoms with Gasteiger partial charge in [0.05, 0.1) is 24.2 Å². The first kappa shape index (κ1) is 18.7. The second-order valence-electron chi connectivity index (χ2n) is 7.75. The summed E-state index contributed by atoms with van der Waals surface area (Å²) in [6, 6.07) is 13.2. The second kappa shape index (κ2) is 7.40. The normalized spacial score (nSPS) is 14.0. The Morgan fingerprint density at radius 3 is 2.93 bits per heavy atom. The monoisotopic (exact) mass is 387 g/mol. The standard InChI is InChI=1S/C22H21N5O2/c1-22(2)11-17-5-3-15(9-19(17)29-22)10-21(28)25-20-7-8-27(26-20)14-18-6-4-16(12-23)13-24-18/h3-9,13H,10-11,14H2,1-2H3,(H,25,26,28). The lowest BCUT2D eigenvalue weighted by Crippen LogP contribution is -2.24. The van der Waals surface area contributed by atoms with Crippen molar-refractivity contribution in [1.82, 2.24) is 14.8 Å². The molecule has 0 unspecified atom stereocenters. The average molecular weight is 387 g/mol. The highest BCUT2D eigenvalue weighted by Gasteiger charge is 2.29. The molecule has 0 radical (unpaired) electrons. The first-order valence-corrected chi connectivity index (χ1v) is 9.39. The van der Waals surface area contributed by atoms with Crippen molar-refractivity contribution in [1.29, 1.82) is 5.26 Å². The molecule has 4 rings (SSSR count). The molecule has 1 amide bonds. The van der Waals surface area contributed by atoms with Crippen LogP contribution >= 0.6 is 0 Å². The molecule has 7 heteroatoms. The lowest BCUT2D eigenvalue weighted by atomic mass is 10.0. The van der Waals surface area contributed by atoms with Crippen LogP contribution in [0, 0.1) is 11.3 Å². The fourth-order valence-corrected chi connectivity index (χ4v) is 3.38. The van der Waals surface area contributed by atoms with Crippen LogP contribution in [-0.4, -0.2) is 26.3 Å². The summed E-state index contributed by atoms with van der Waals surface area (Å²) in [7, 11) is 0. The smallest absolute Gasteiger partial charge is 0.229 e. The van der Waals surface area contributed by atoms with Gasteiger partial charge in [-0.1, -0.05) is 12.1 Å². The molecule has 2 aromatic heterocycles. The molecule has 29 heavy (non-hydrogen) atoms. The van der Waals surface area contributed by atoms with Crippen molar-refractivity contribution in [3.8, 4) is 11.8 Å². The summed E-state index contributed by atoms with van der Waals surface area (Å²) in [6.45, 7) is 4.58. The summed E-state index contributed by atoms with van der Waals surface area (Å²) in [5.74, 6) is 1.21. The van der Waals surface area contributed by atoms with Gasteiger partial charge in [0.2, 0.25) is 5.91 Å². The number of carbonyl (C=O) groups excluding carboxylic acids is 1. The van der Waals surface area contributed by atoms with Gasteiger partial charge in [0, 0.05) is 24.9 Å². The largest absolute Gasteiger partial charge is 0.487 e. The SMILES string of the molecule is CC1(C)Cc2ccc(CC(=O)Nc3ccn(Cc4ccc(C#N)cn4)n3)cc2O1. The maximum atomic E-state index is 12.4. The number of hydrogen-bond donors (Lipinski definition) is 1. The van der Waals surface area contributed by atoms with Gasteiger partial charge in [-0.2, -0.15) is 10.4 Å². The van der Waals surface area contributed by atoms with E-state index in [-0.39, 0.29) is 17.9 Å². The van der Waals surface area contributed by atoms with Gasteiger partial charge in [-0.25, -0.2) is 0 Å². The Hall–Kier alpha value is -3.66. The molecule has 0 saturated carbocycles. The molecule has 3 heterocycles. The molecule has 0 saturated heterocycles. The highest BCUT2D eigenvalue weighted by molar-refractivity contribution is 5.91. The van der Waals surface area contributed by atoms with E-state index in [1.807, 2.05) is 24.3 Å². The number of ether oxygens (including phenoxy) is 1. The summed E-state index contributed by atoms with van der Waals surface area (Å²) in [6.07, 6.45) is 4.44. The quantitative estimate of drug-likeness (QED) is 0.726. The molecule has 0 aliphatic carbocycles. The summed E-state index contributed by atoms with van der Waals surface area (Å²) in [5, 5.41) is 16.0. The second-order valence-corrected chi connectivity index (χ2v) is 7.75. The van der Waals surface area contributed by atoms with Crippen LogP contribution < -0.4 is 10.1 Å². The van der Waals surface area contributed by atoms with Crippen LogP contribution in [0.25, 0.3) is 0 Å². The van der Waals surface area contributed by atoms with Gasteiger partial charge in [-0.3, -0.25) is 14.5 Å². The van der Waals surface area contributed by atoms with Crippen LogP contribution in [0.5, 0.6) is 5.75 Å². The van der Waals surface area contributed by atoms with E-state index < -0.39 is 0 Å². The predicted molar refractivity (Wildman–Crippen MR) is 107 cm³/mol. The Kier molecular flexibility index (Phi) is 4.77. The Morgan fingerprint density at radius 1 is 1.31 bits per heavy atom. The number of aromatic nitrogens is 3. The van der Waals surface area contributed by atoms with Crippen molar-refractivity contribution in [2.75, 3.05) is 5.32 Å². The summed E-state index contributed by atoms with van der Waals surface area (Å²) in [5.41, 5.74) is 3.18. The van der Waals surface area contributed by atoms with E-state index in [9.17, 15) is 4.79 Å². The summed E-state index contributed by atoms with van der Waals surface area (Å²) < 4.78 is 7.63. The zero-order valence-corrected chi connectivity index (χ0v) is 16.3. The molecule has 0 fully saturated rings. The van der Waals surface area contributed by atoms with Crippen LogP contribution in [0.3, 0.4) is 0 Å². The Morgan fingerprint density at radius 2 is 2.17 bits per heavy atom. The van der Waals surface area contributed by atoms with Gasteiger partial charge in [0.1, 0.15) is 17.4 Å². The first-order chi connectivity index (χ1) is 13.9. The van der Waals surface area contributed by atoms with Gasteiger partial charge in [0.15, 0.2) is 5.82 Å². The molecule has 7 nitrogen and oxygen atoms in total. The zero-order chi connectivity index (χ0) is 20.4. The van der Waals surface area contributed by atoms with E-state index in [2.05, 4.69) is 29.2 Å². The van der Waals surface area contributed by atoms with E-state index in [1.165, 1.54) is 11.8 Å². The number of hydrogen-bond acceptors (Lipinski definition) is 5. The molecule has 1 aliphatic heterocycles. The van der Waals surface area contributed by atoms with E-state index in [1.54, 1.807) is 29.1 Å². The number of nitrogens with zero attached hydrogens (tertiary/aromatic N) is 4. The Balaban J connectivity index is 1.35. The maximum Gasteiger partial charge on any atom is 0.229 e. The van der Waals surface area contributed by atoms with E-state index in [4.69, 9.17) is 10.00 Å². The maximum absolute atomic E-state index is 12.4. The number of anilines is 1. The zero-order valence-electron chi connectivity index (χ0n) is 16.3.